The molecule has 0 radical (unpaired) electrons. The highest BCUT2D eigenvalue weighted by Gasteiger charge is 2.39. The van der Waals surface area contributed by atoms with Crippen LogP contribution in [0, 0.1) is 11.8 Å². The highest BCUT2D eigenvalue weighted by molar-refractivity contribution is 6.36. The van der Waals surface area contributed by atoms with Gasteiger partial charge in [0.05, 0.1) is 25.3 Å². The number of halogens is 3. The van der Waals surface area contributed by atoms with Crippen molar-refractivity contribution in [2.24, 2.45) is 16.9 Å². The summed E-state index contributed by atoms with van der Waals surface area (Å²) in [4.78, 5) is 29.9. The molecule has 5 rings (SSSR count). The summed E-state index contributed by atoms with van der Waals surface area (Å²) in [5.74, 6) is -0.432. The van der Waals surface area contributed by atoms with Gasteiger partial charge in [0.25, 0.3) is 0 Å². The molecule has 2 unspecified atom stereocenters. The van der Waals surface area contributed by atoms with Crippen molar-refractivity contribution in [2.75, 3.05) is 57.4 Å². The maximum absolute atomic E-state index is 13.5. The van der Waals surface area contributed by atoms with Gasteiger partial charge in [-0.1, -0.05) is 6.07 Å². The highest BCUT2D eigenvalue weighted by atomic mass is 19.4. The standard InChI is InChI=1S/C24H30F3N5O4/c1-15-9-29(6-7-31(15)23(35)32-5-4-20(28-32)22(33)34)10-16-2-3-19(24(25,26)27)8-21(16)30-11-17-13-36-14-18(17)12-30/h2-3,8,15,17-18H,4-7,9-14H2,1H3,(H,33,34)/t15-,17?,18?/m0/s1. The fourth-order valence-corrected chi connectivity index (χ4v) is 5.65. The Kier molecular flexibility index (Phi) is 6.58. The summed E-state index contributed by atoms with van der Waals surface area (Å²) in [7, 11) is 0. The second-order valence-electron chi connectivity index (χ2n) is 10.1. The number of amides is 2. The molecule has 0 bridgehead atoms. The first-order valence-corrected chi connectivity index (χ1v) is 12.2. The molecule has 4 aliphatic rings. The van der Waals surface area contributed by atoms with Gasteiger partial charge in [0.1, 0.15) is 5.71 Å². The van der Waals surface area contributed by atoms with Crippen molar-refractivity contribution < 1.29 is 32.6 Å². The lowest BCUT2D eigenvalue weighted by Crippen LogP contribution is -2.56. The van der Waals surface area contributed by atoms with Gasteiger partial charge < -0.3 is 19.6 Å². The molecule has 0 aliphatic carbocycles. The highest BCUT2D eigenvalue weighted by Crippen LogP contribution is 2.38. The van der Waals surface area contributed by atoms with Gasteiger partial charge in [0.15, 0.2) is 0 Å². The van der Waals surface area contributed by atoms with Gasteiger partial charge in [0, 0.05) is 69.3 Å². The largest absolute Gasteiger partial charge is 0.477 e. The Hall–Kier alpha value is -2.86. The van der Waals surface area contributed by atoms with Gasteiger partial charge in [-0.25, -0.2) is 14.6 Å². The average molecular weight is 510 g/mol. The van der Waals surface area contributed by atoms with Crippen LogP contribution in [0.25, 0.3) is 0 Å². The number of carboxylic acid groups (broad SMARTS) is 1. The van der Waals surface area contributed by atoms with Gasteiger partial charge in [0.2, 0.25) is 0 Å². The van der Waals surface area contributed by atoms with E-state index in [-0.39, 0.29) is 30.8 Å². The van der Waals surface area contributed by atoms with Crippen LogP contribution < -0.4 is 4.90 Å². The number of ether oxygens (including phenoxy) is 1. The molecule has 0 spiro atoms. The third kappa shape index (κ3) is 4.88. The number of hydrogen-bond donors (Lipinski definition) is 1. The molecule has 196 valence electrons. The molecule has 3 fully saturated rings. The molecular weight excluding hydrogens is 479 g/mol. The van der Waals surface area contributed by atoms with E-state index in [1.807, 2.05) is 6.92 Å². The molecule has 0 saturated carbocycles. The van der Waals surface area contributed by atoms with E-state index in [9.17, 15) is 22.8 Å². The topological polar surface area (TPSA) is 88.9 Å². The smallest absolute Gasteiger partial charge is 0.416 e. The zero-order valence-electron chi connectivity index (χ0n) is 20.1. The maximum atomic E-state index is 13.5. The molecule has 2 amide bonds. The van der Waals surface area contributed by atoms with Crippen LogP contribution in [0.2, 0.25) is 0 Å². The average Bonchev–Trinajstić information content (AvgIpc) is 3.55. The Morgan fingerprint density at radius 2 is 1.83 bits per heavy atom. The number of rotatable bonds is 4. The molecule has 12 heteroatoms. The number of anilines is 1. The Morgan fingerprint density at radius 3 is 2.44 bits per heavy atom. The predicted molar refractivity (Wildman–Crippen MR) is 125 cm³/mol. The summed E-state index contributed by atoms with van der Waals surface area (Å²) in [6.07, 6.45) is -4.19. The number of alkyl halides is 3. The van der Waals surface area contributed by atoms with Gasteiger partial charge in [-0.05, 0) is 24.6 Å². The van der Waals surface area contributed by atoms with Crippen LogP contribution in [0.5, 0.6) is 0 Å². The molecule has 9 nitrogen and oxygen atoms in total. The second-order valence-corrected chi connectivity index (χ2v) is 10.1. The summed E-state index contributed by atoms with van der Waals surface area (Å²) in [6, 6.07) is 3.52. The van der Waals surface area contributed by atoms with Crippen molar-refractivity contribution in [1.82, 2.24) is 14.8 Å². The number of carbonyl (C=O) groups is 2. The van der Waals surface area contributed by atoms with E-state index >= 15 is 0 Å². The summed E-state index contributed by atoms with van der Waals surface area (Å²) in [5.41, 5.74) is 0.788. The first kappa shape index (κ1) is 24.8. The Labute approximate surface area is 207 Å². The van der Waals surface area contributed by atoms with Crippen molar-refractivity contribution in [3.8, 4) is 0 Å². The predicted octanol–water partition coefficient (Wildman–Crippen LogP) is 2.56. The molecule has 1 N–H and O–H groups in total. The lowest BCUT2D eigenvalue weighted by Gasteiger charge is -2.41. The van der Waals surface area contributed by atoms with Crippen LogP contribution >= 0.6 is 0 Å². The van der Waals surface area contributed by atoms with Crippen LogP contribution in [0.4, 0.5) is 23.7 Å². The Balaban J connectivity index is 1.28. The van der Waals surface area contributed by atoms with Gasteiger partial charge in [-0.3, -0.25) is 4.90 Å². The Bertz CT molecular complexity index is 1050. The number of piperazine rings is 1. The van der Waals surface area contributed by atoms with Crippen LogP contribution in [-0.2, 0) is 22.3 Å². The fraction of sp³-hybridized carbons (Fsp3) is 0.625. The molecule has 4 heterocycles. The fourth-order valence-electron chi connectivity index (χ4n) is 5.65. The first-order valence-electron chi connectivity index (χ1n) is 12.2. The summed E-state index contributed by atoms with van der Waals surface area (Å²) < 4.78 is 46.1. The normalized spacial score (nSPS) is 26.9. The minimum Gasteiger partial charge on any atom is -0.477 e. The third-order valence-electron chi connectivity index (χ3n) is 7.61. The summed E-state index contributed by atoms with van der Waals surface area (Å²) in [6.45, 7) is 6.84. The van der Waals surface area contributed by atoms with Crippen LogP contribution in [-0.4, -0.2) is 96.2 Å². The van der Waals surface area contributed by atoms with E-state index < -0.39 is 17.7 Å². The van der Waals surface area contributed by atoms with Crippen LogP contribution in [0.3, 0.4) is 0 Å². The minimum absolute atomic E-state index is 0.0258. The van der Waals surface area contributed by atoms with E-state index in [0.29, 0.717) is 70.0 Å². The lowest BCUT2D eigenvalue weighted by atomic mass is 10.0. The van der Waals surface area contributed by atoms with E-state index in [0.717, 1.165) is 11.6 Å². The minimum atomic E-state index is -4.41. The van der Waals surface area contributed by atoms with Crippen LogP contribution in [0.15, 0.2) is 23.3 Å². The van der Waals surface area contributed by atoms with Crippen molar-refractivity contribution in [3.63, 3.8) is 0 Å². The number of nitrogens with zero attached hydrogens (tertiary/aromatic N) is 5. The third-order valence-corrected chi connectivity index (χ3v) is 7.61. The summed E-state index contributed by atoms with van der Waals surface area (Å²) >= 11 is 0. The molecule has 3 saturated heterocycles. The van der Waals surface area contributed by atoms with Crippen molar-refractivity contribution in [3.05, 3.63) is 29.3 Å². The molecule has 36 heavy (non-hydrogen) atoms. The maximum Gasteiger partial charge on any atom is 0.416 e. The molecule has 0 aromatic heterocycles. The van der Waals surface area contributed by atoms with Crippen molar-refractivity contribution in [2.45, 2.75) is 32.1 Å². The molecule has 4 aliphatic heterocycles. The SMILES string of the molecule is C[C@H]1CN(Cc2ccc(C(F)(F)F)cc2N2CC3COCC3C2)CCN1C(=O)N1CCC(C(=O)O)=N1. The van der Waals surface area contributed by atoms with E-state index in [2.05, 4.69) is 14.9 Å². The zero-order chi connectivity index (χ0) is 25.6. The number of urea groups is 1. The number of hydrogen-bond acceptors (Lipinski definition) is 6. The number of aliphatic carboxylic acids is 1. The number of hydrazone groups is 1. The second kappa shape index (κ2) is 9.55. The van der Waals surface area contributed by atoms with E-state index in [1.54, 1.807) is 11.0 Å². The molecule has 3 atom stereocenters. The number of fused-ring (bicyclic) bond motifs is 1. The van der Waals surface area contributed by atoms with E-state index in [4.69, 9.17) is 9.84 Å². The van der Waals surface area contributed by atoms with Crippen molar-refractivity contribution in [1.29, 1.82) is 0 Å². The summed E-state index contributed by atoms with van der Waals surface area (Å²) in [5, 5.41) is 14.2. The zero-order valence-corrected chi connectivity index (χ0v) is 20.1. The number of carbonyl (C=O) groups excluding carboxylic acids is 1. The molecule has 1 aromatic rings. The lowest BCUT2D eigenvalue weighted by molar-refractivity contribution is -0.137. The number of carboxylic acids is 1. The van der Waals surface area contributed by atoms with Gasteiger partial charge in [-0.15, -0.1) is 0 Å². The van der Waals surface area contributed by atoms with E-state index in [1.165, 1.54) is 11.1 Å². The van der Waals surface area contributed by atoms with Crippen LogP contribution in [0.1, 0.15) is 24.5 Å². The first-order chi connectivity index (χ1) is 17.1. The monoisotopic (exact) mass is 509 g/mol. The molecular formula is C24H30F3N5O4. The number of benzene rings is 1. The Morgan fingerprint density at radius 1 is 1.11 bits per heavy atom. The van der Waals surface area contributed by atoms with Crippen molar-refractivity contribution >= 4 is 23.4 Å². The quantitative estimate of drug-likeness (QED) is 0.671. The molecule has 1 aromatic carbocycles. The van der Waals surface area contributed by atoms with Gasteiger partial charge in [-0.2, -0.15) is 18.3 Å². The van der Waals surface area contributed by atoms with Gasteiger partial charge >= 0.3 is 18.2 Å².